The van der Waals surface area contributed by atoms with Gasteiger partial charge in [0.25, 0.3) is 0 Å². The van der Waals surface area contributed by atoms with Gasteiger partial charge in [-0.25, -0.2) is 9.59 Å². The summed E-state index contributed by atoms with van der Waals surface area (Å²) in [4.78, 5) is 278. The standard InChI is InChI=1S/C104H140N18O24S/c1-60-31-19-20-35-66(60)52-74-90(134)114-75(53-68-59-147-81-39-22-21-37-69(68)81)91(135)111-71(87(131)107-61(2)85(105)129)40-41-82(124)106-46-27-23-38-70-88(132)116-80-58-121(57-79(80)109-74)100(145)146-48-28-15-11-10-12-24-42-103(43-25-13-14-26-44-104(45-30-47-122(104)63(4)123)99(144)118-77(55-84(127)128)93(137)115-78(95(139)120-103)56-101(5,6)7)98(143)117-76(54-83(125)126)92(136)113-73(51-65-34-29-36-67(49-65)96(140)141)94(138)119-102(8,9)97(142)108-62(3)86(130)112-72(89(133)110-70)50-64-32-17-16-18-33-64/h10-11,14,16-22,26,29,31-37,39,49,59,61-62,70-80,95,109,120,139H,12-13,15,23-25,27-28,30,38,40-48,50-58H2,1-9H3,(H2,105,129)(H,106,124)(H,107,131)(H,108,142)(H,110,133)(H,111,135)(H,112,130)(H,113,136)(H,114,134)(H,115,137)(H,116,132)(H,117,143)(H,118,144)(H,119,138)(H,125,126)(H,127,128)(H,140,141)/b11-10?,26-14+/t61-,62-,70-,71-,72-,73-,74-,75-,76-,77-,78-,79?,80+,95?,103+,104-/m0/s1. The average Bonchev–Trinajstić information content (AvgIpc) is 1.66. The van der Waals surface area contributed by atoms with E-state index in [1.165, 1.54) is 80.0 Å². The highest BCUT2D eigenvalue weighted by molar-refractivity contribution is 7.17. The molecule has 42 nitrogen and oxygen atoms in total. The van der Waals surface area contributed by atoms with Crippen LogP contribution in [0.5, 0.6) is 0 Å². The van der Waals surface area contributed by atoms with Crippen LogP contribution in [0.4, 0.5) is 4.79 Å². The number of aliphatic carboxylic acids is 2. The third kappa shape index (κ3) is 33.5. The van der Waals surface area contributed by atoms with Crippen molar-refractivity contribution >= 4 is 134 Å². The largest absolute Gasteiger partial charge is 0.481 e. The SMILES string of the molecule is CC(=O)N1CCC[C@]12C/C=C/CCC[C@@]1(CCCC=CCCCOC(=O)N3CC4N[C@@H](Cc5ccccc5C)C(=O)N[C@@H](Cc5csc6ccccc56)C(=O)N[C@H](C(=O)N[C@@H](C)C(N)=O)CCC(=O)NCCCC[C@H](NC(=O)[C@H](Cc5ccccc5)NC(=O)[C@H](C)NC(=O)C(C)(C)NC(=O)[C@H](Cc5cccc(C(=O)O)c5)NC(=O)[C@H](CC(=O)O)NC1=O)C(=O)N[C@@H]4C3)NC(O)[C@H](CC(C)(C)C)NC(=O)[C@H](CC(=O)O)NC2=O. The zero-order chi connectivity index (χ0) is 107. The van der Waals surface area contributed by atoms with Crippen molar-refractivity contribution in [3.8, 4) is 0 Å². The average molecular weight is 2060 g/mol. The molecule has 1 aromatic heterocycles. The molecule has 147 heavy (non-hydrogen) atoms. The zero-order valence-electron chi connectivity index (χ0n) is 84.4. The lowest BCUT2D eigenvalue weighted by molar-refractivity contribution is -0.146. The van der Waals surface area contributed by atoms with Crippen molar-refractivity contribution in [1.29, 1.82) is 0 Å². The van der Waals surface area contributed by atoms with Crippen molar-refractivity contribution in [1.82, 2.24) is 89.6 Å². The molecule has 2 spiro atoms. The van der Waals surface area contributed by atoms with Crippen molar-refractivity contribution in [2.75, 3.05) is 32.8 Å². The fourth-order valence-electron chi connectivity index (χ4n) is 18.8. The number of aliphatic hydroxyl groups excluding tert-OH is 1. The molecular weight excluding hydrogens is 1920 g/mol. The molecule has 0 radical (unpaired) electrons. The third-order valence-corrected chi connectivity index (χ3v) is 28.0. The molecule has 4 aromatic carbocycles. The van der Waals surface area contributed by atoms with Gasteiger partial charge in [-0.2, -0.15) is 0 Å². The number of benzene rings is 4. The van der Waals surface area contributed by atoms with E-state index in [0.29, 0.717) is 23.1 Å². The number of thiophene rings is 1. The molecule has 43 heteroatoms. The maximum absolute atomic E-state index is 16.2. The molecule has 10 rings (SSSR count). The van der Waals surface area contributed by atoms with Crippen molar-refractivity contribution in [3.05, 3.63) is 166 Å². The van der Waals surface area contributed by atoms with Gasteiger partial charge in [0.2, 0.25) is 88.6 Å². The summed E-state index contributed by atoms with van der Waals surface area (Å²) < 4.78 is 6.86. The van der Waals surface area contributed by atoms with E-state index >= 15 is 33.6 Å². The molecule has 16 amide bonds. The normalized spacial score (nSPS) is 26.9. The van der Waals surface area contributed by atoms with Crippen LogP contribution in [-0.2, 0) is 112 Å². The Hall–Kier alpha value is -14.1. The summed E-state index contributed by atoms with van der Waals surface area (Å²) >= 11 is 1.39. The van der Waals surface area contributed by atoms with Gasteiger partial charge in [-0.15, -0.1) is 11.3 Å². The van der Waals surface area contributed by atoms with Gasteiger partial charge < -0.3 is 110 Å². The monoisotopic (exact) mass is 2060 g/mol. The van der Waals surface area contributed by atoms with E-state index in [0.717, 1.165) is 15.6 Å². The summed E-state index contributed by atoms with van der Waals surface area (Å²) in [7, 11) is 0. The molecule has 3 bridgehead atoms. The van der Waals surface area contributed by atoms with E-state index < -0.39 is 239 Å². The number of likely N-dealkylation sites (tertiary alicyclic amines) is 1. The van der Waals surface area contributed by atoms with E-state index in [1.807, 2.05) is 42.6 Å². The Bertz CT molecular complexity index is 5670. The lowest BCUT2D eigenvalue weighted by atomic mass is 9.83. The van der Waals surface area contributed by atoms with Crippen LogP contribution in [-0.4, -0.2) is 277 Å². The molecule has 5 aliphatic rings. The van der Waals surface area contributed by atoms with Crippen LogP contribution in [0.25, 0.3) is 10.1 Å². The first-order chi connectivity index (χ1) is 69.7. The number of nitrogens with two attached hydrogens (primary N) is 1. The molecule has 0 aliphatic carbocycles. The number of primary amides is 1. The topological polar surface area (TPSA) is 627 Å². The summed E-state index contributed by atoms with van der Waals surface area (Å²) in [5, 5.41) is 88.5. The molecule has 5 aliphatic heterocycles. The number of aliphatic hydroxyl groups is 1. The van der Waals surface area contributed by atoms with Crippen molar-refractivity contribution in [3.63, 3.8) is 0 Å². The Kier molecular flexibility index (Phi) is 41.7. The minimum atomic E-state index is -2.12. The third-order valence-electron chi connectivity index (χ3n) is 27.0. The van der Waals surface area contributed by atoms with Gasteiger partial charge in [-0.05, 0) is 206 Å². The Morgan fingerprint density at radius 1 is 0.571 bits per heavy atom. The Labute approximate surface area is 856 Å². The van der Waals surface area contributed by atoms with Gasteiger partial charge in [-0.1, -0.05) is 130 Å². The first kappa shape index (κ1) is 115. The number of aryl methyl sites for hydroxylation is 1. The molecule has 2 unspecified atom stereocenters. The van der Waals surface area contributed by atoms with Gasteiger partial charge >= 0.3 is 24.0 Å². The Morgan fingerprint density at radius 2 is 1.16 bits per heavy atom. The number of hydrogen-bond acceptors (Lipinski definition) is 24. The predicted octanol–water partition coefficient (Wildman–Crippen LogP) is 2.85. The maximum Gasteiger partial charge on any atom is 0.409 e. The van der Waals surface area contributed by atoms with Crippen LogP contribution >= 0.6 is 11.3 Å². The fourth-order valence-corrected chi connectivity index (χ4v) is 19.8. The van der Waals surface area contributed by atoms with Crippen LogP contribution in [0, 0.1) is 12.3 Å². The van der Waals surface area contributed by atoms with Crippen molar-refractivity contribution in [2.45, 2.75) is 311 Å². The number of hydrogen-bond donors (Lipinski definition) is 20. The molecule has 3 fully saturated rings. The molecule has 21 N–H and O–H groups in total. The molecule has 3 saturated heterocycles. The number of aromatic carboxylic acids is 1. The first-order valence-corrected chi connectivity index (χ1v) is 50.8. The second-order valence-corrected chi connectivity index (χ2v) is 41.2. The lowest BCUT2D eigenvalue weighted by Crippen LogP contribution is -2.67. The number of nitrogens with zero attached hydrogens (tertiary/aromatic N) is 2. The van der Waals surface area contributed by atoms with Crippen LogP contribution in [0.15, 0.2) is 133 Å². The summed E-state index contributed by atoms with van der Waals surface area (Å²) in [6.45, 7) is 12.8. The molecular formula is C104H140N18O24S. The first-order valence-electron chi connectivity index (χ1n) is 50.0. The van der Waals surface area contributed by atoms with Crippen LogP contribution in [0.1, 0.15) is 216 Å². The highest BCUT2D eigenvalue weighted by Gasteiger charge is 2.51. The number of ether oxygens (including phenoxy) is 1. The number of carbonyl (C=O) groups excluding carboxylic acids is 16. The Balaban J connectivity index is 1.05. The summed E-state index contributed by atoms with van der Waals surface area (Å²) in [6, 6.07) is 8.56. The van der Waals surface area contributed by atoms with E-state index in [2.05, 4.69) is 79.8 Å². The van der Waals surface area contributed by atoms with Gasteiger partial charge in [-0.3, -0.25) is 92.1 Å². The van der Waals surface area contributed by atoms with Gasteiger partial charge in [0.1, 0.15) is 71.7 Å². The fraction of sp³-hybridized carbons (Fsp3) is 0.529. The second kappa shape index (κ2) is 53.3. The van der Waals surface area contributed by atoms with E-state index in [-0.39, 0.29) is 166 Å². The van der Waals surface area contributed by atoms with E-state index in [1.54, 1.807) is 93.6 Å². The predicted molar refractivity (Wildman–Crippen MR) is 541 cm³/mol. The molecule has 5 aromatic rings. The smallest absolute Gasteiger partial charge is 0.409 e. The quantitative estimate of drug-likeness (QED) is 0.0595. The number of carboxylic acids is 3. The maximum atomic E-state index is 16.2. The lowest BCUT2D eigenvalue weighted by Gasteiger charge is -2.41. The van der Waals surface area contributed by atoms with E-state index in [9.17, 15) is 78.0 Å². The van der Waals surface area contributed by atoms with E-state index in [4.69, 9.17) is 10.5 Å². The Morgan fingerprint density at radius 3 is 1.82 bits per heavy atom. The summed E-state index contributed by atoms with van der Waals surface area (Å²) in [6.07, 6.45) is 0.859. The highest BCUT2D eigenvalue weighted by Crippen LogP contribution is 2.36. The summed E-state index contributed by atoms with van der Waals surface area (Å²) in [5.41, 5.74) is 1.41. The van der Waals surface area contributed by atoms with Crippen LogP contribution in [0.3, 0.4) is 0 Å². The number of nitrogens with one attached hydrogen (secondary N) is 15. The van der Waals surface area contributed by atoms with Crippen molar-refractivity contribution < 1.29 is 116 Å². The second-order valence-electron chi connectivity index (χ2n) is 40.3. The molecule has 0 saturated carbocycles. The summed E-state index contributed by atoms with van der Waals surface area (Å²) in [5.74, 6) is -18.2. The zero-order valence-corrected chi connectivity index (χ0v) is 85.2. The number of rotatable bonds is 17. The van der Waals surface area contributed by atoms with Crippen molar-refractivity contribution in [2.24, 2.45) is 11.1 Å². The number of allylic oxidation sites excluding steroid dienone is 3. The number of amides is 16. The van der Waals surface area contributed by atoms with Gasteiger partial charge in [0.05, 0.1) is 48.7 Å². The van der Waals surface area contributed by atoms with Gasteiger partial charge in [0.15, 0.2) is 0 Å². The number of carbonyl (C=O) groups is 19. The number of cyclic esters (lactones) is 1. The number of fused-ring (bicyclic) bond motifs is 4. The minimum Gasteiger partial charge on any atom is -0.481 e. The number of carboxylic acid groups (broad SMARTS) is 3. The molecule has 16 atom stereocenters. The minimum absolute atomic E-state index is 0.0299. The van der Waals surface area contributed by atoms with Crippen LogP contribution < -0.4 is 85.5 Å². The highest BCUT2D eigenvalue weighted by atomic mass is 32.1. The molecule has 6 heterocycles. The van der Waals surface area contributed by atoms with Crippen LogP contribution in [0.2, 0.25) is 0 Å². The van der Waals surface area contributed by atoms with Gasteiger partial charge in [0, 0.05) is 69.5 Å². The molecule has 796 valence electrons.